The van der Waals surface area contributed by atoms with Gasteiger partial charge in [0.05, 0.1) is 10.2 Å². The highest BCUT2D eigenvalue weighted by atomic mass is 32.1. The highest BCUT2D eigenvalue weighted by molar-refractivity contribution is 7.22. The van der Waals surface area contributed by atoms with Crippen molar-refractivity contribution in [2.24, 2.45) is 7.05 Å². The molecule has 0 aliphatic carbocycles. The van der Waals surface area contributed by atoms with Crippen LogP contribution in [0.1, 0.15) is 6.92 Å². The topological polar surface area (TPSA) is 88.9 Å². The van der Waals surface area contributed by atoms with Crippen LogP contribution >= 0.6 is 11.3 Å². The highest BCUT2D eigenvalue weighted by Crippen LogP contribution is 2.38. The molecule has 8 heteroatoms. The maximum Gasteiger partial charge on any atom is 0.321 e. The van der Waals surface area contributed by atoms with E-state index < -0.39 is 0 Å². The first-order chi connectivity index (χ1) is 14.0. The number of nitrogens with zero attached hydrogens (tertiary/aromatic N) is 3. The van der Waals surface area contributed by atoms with Gasteiger partial charge in [-0.05, 0) is 42.3 Å². The van der Waals surface area contributed by atoms with E-state index in [4.69, 9.17) is 0 Å². The lowest BCUT2D eigenvalue weighted by atomic mass is 10.00. The van der Waals surface area contributed by atoms with Gasteiger partial charge in [-0.3, -0.25) is 15.1 Å². The average molecular weight is 405 g/mol. The minimum absolute atomic E-state index is 0.0811. The Bertz CT molecular complexity index is 1250. The number of carbonyl (C=O) groups excluding carboxylic acids is 1. The smallest absolute Gasteiger partial charge is 0.321 e. The summed E-state index contributed by atoms with van der Waals surface area (Å²) in [6.45, 7) is 2.39. The number of aromatic nitrogens is 3. The fraction of sp³-hybridized carbons (Fsp3) is 0.143. The Morgan fingerprint density at radius 3 is 2.76 bits per heavy atom. The predicted octanol–water partition coefficient (Wildman–Crippen LogP) is 3.87. The van der Waals surface area contributed by atoms with E-state index in [1.165, 1.54) is 15.9 Å². The SMILES string of the molecule is CCNC(=O)Nc1nc2cc(-c3ccn(C)c(=O)c3)cc(-c3cccnc3)c2s1. The van der Waals surface area contributed by atoms with Crippen LogP contribution in [0.2, 0.25) is 0 Å². The molecule has 146 valence electrons. The number of carbonyl (C=O) groups is 1. The second-order valence-electron chi connectivity index (χ2n) is 6.48. The number of fused-ring (bicyclic) bond motifs is 1. The zero-order chi connectivity index (χ0) is 20.4. The standard InChI is InChI=1S/C21H19N5O2S/c1-3-23-20(28)25-21-24-17-10-15(13-6-8-26(2)18(27)11-13)9-16(19(17)29-21)14-5-4-7-22-12-14/h4-12H,3H2,1-2H3,(H2,23,24,25,28). The van der Waals surface area contributed by atoms with Gasteiger partial charge >= 0.3 is 6.03 Å². The number of benzene rings is 1. The van der Waals surface area contributed by atoms with E-state index in [2.05, 4.69) is 20.6 Å². The van der Waals surface area contributed by atoms with Crippen molar-refractivity contribution in [1.29, 1.82) is 0 Å². The van der Waals surface area contributed by atoms with Crippen molar-refractivity contribution in [3.8, 4) is 22.3 Å². The zero-order valence-corrected chi connectivity index (χ0v) is 16.8. The van der Waals surface area contributed by atoms with E-state index >= 15 is 0 Å². The maximum atomic E-state index is 12.1. The van der Waals surface area contributed by atoms with E-state index in [1.54, 1.807) is 31.7 Å². The predicted molar refractivity (Wildman–Crippen MR) is 116 cm³/mol. The van der Waals surface area contributed by atoms with Crippen LogP contribution in [0, 0.1) is 0 Å². The van der Waals surface area contributed by atoms with Gasteiger partial charge in [-0.2, -0.15) is 0 Å². The van der Waals surface area contributed by atoms with Crippen molar-refractivity contribution in [3.05, 3.63) is 65.3 Å². The van der Waals surface area contributed by atoms with Gasteiger partial charge in [0.15, 0.2) is 5.13 Å². The Morgan fingerprint density at radius 2 is 2.03 bits per heavy atom. The fourth-order valence-corrected chi connectivity index (χ4v) is 4.00. The molecule has 0 spiro atoms. The van der Waals surface area contributed by atoms with Gasteiger partial charge in [-0.25, -0.2) is 9.78 Å². The molecule has 0 bridgehead atoms. The van der Waals surface area contributed by atoms with Crippen LogP contribution in [0.5, 0.6) is 0 Å². The third-order valence-electron chi connectivity index (χ3n) is 4.46. The lowest BCUT2D eigenvalue weighted by Crippen LogP contribution is -2.28. The van der Waals surface area contributed by atoms with E-state index in [0.717, 1.165) is 32.5 Å². The number of nitrogens with one attached hydrogen (secondary N) is 2. The Labute approximate surface area is 171 Å². The third kappa shape index (κ3) is 3.88. The van der Waals surface area contributed by atoms with Crippen molar-refractivity contribution in [3.63, 3.8) is 0 Å². The molecule has 4 rings (SSSR count). The molecule has 0 radical (unpaired) electrons. The molecule has 0 aliphatic rings. The second-order valence-corrected chi connectivity index (χ2v) is 7.48. The molecular formula is C21H19N5O2S. The second kappa shape index (κ2) is 7.84. The molecule has 0 fully saturated rings. The van der Waals surface area contributed by atoms with Crippen molar-refractivity contribution < 1.29 is 4.79 Å². The number of hydrogen-bond acceptors (Lipinski definition) is 5. The van der Waals surface area contributed by atoms with Crippen LogP contribution in [0.3, 0.4) is 0 Å². The van der Waals surface area contributed by atoms with Gasteiger partial charge in [-0.1, -0.05) is 17.4 Å². The minimum Gasteiger partial charge on any atom is -0.338 e. The van der Waals surface area contributed by atoms with Gasteiger partial charge in [0, 0.05) is 49.4 Å². The third-order valence-corrected chi connectivity index (χ3v) is 5.48. The van der Waals surface area contributed by atoms with Crippen LogP contribution < -0.4 is 16.2 Å². The van der Waals surface area contributed by atoms with Crippen molar-refractivity contribution in [2.75, 3.05) is 11.9 Å². The molecule has 3 aromatic heterocycles. The number of amides is 2. The number of pyridine rings is 2. The van der Waals surface area contributed by atoms with E-state index in [1.807, 2.05) is 37.3 Å². The Kier molecular flexibility index (Phi) is 5.09. The van der Waals surface area contributed by atoms with E-state index in [-0.39, 0.29) is 11.6 Å². The summed E-state index contributed by atoms with van der Waals surface area (Å²) in [5.74, 6) is 0. The summed E-state index contributed by atoms with van der Waals surface area (Å²) >= 11 is 1.41. The minimum atomic E-state index is -0.290. The number of thiazole rings is 1. The first-order valence-corrected chi connectivity index (χ1v) is 9.93. The molecule has 0 aliphatic heterocycles. The summed E-state index contributed by atoms with van der Waals surface area (Å²) in [5, 5.41) is 5.99. The van der Waals surface area contributed by atoms with Gasteiger partial charge in [0.1, 0.15) is 0 Å². The van der Waals surface area contributed by atoms with E-state index in [0.29, 0.717) is 11.7 Å². The molecule has 2 amide bonds. The summed E-state index contributed by atoms with van der Waals surface area (Å²) in [4.78, 5) is 32.8. The summed E-state index contributed by atoms with van der Waals surface area (Å²) < 4.78 is 2.47. The molecule has 0 saturated carbocycles. The first-order valence-electron chi connectivity index (χ1n) is 9.12. The molecule has 3 heterocycles. The molecule has 29 heavy (non-hydrogen) atoms. The quantitative estimate of drug-likeness (QED) is 0.539. The lowest BCUT2D eigenvalue weighted by Gasteiger charge is -2.08. The molecule has 7 nitrogen and oxygen atoms in total. The van der Waals surface area contributed by atoms with Gasteiger partial charge in [0.2, 0.25) is 0 Å². The summed E-state index contributed by atoms with van der Waals surface area (Å²) in [6.07, 6.45) is 5.26. The molecule has 2 N–H and O–H groups in total. The van der Waals surface area contributed by atoms with Crippen molar-refractivity contribution in [2.45, 2.75) is 6.92 Å². The molecule has 0 atom stereocenters. The molecule has 4 aromatic rings. The van der Waals surface area contributed by atoms with Crippen LogP contribution in [-0.4, -0.2) is 27.1 Å². The highest BCUT2D eigenvalue weighted by Gasteiger charge is 2.14. The van der Waals surface area contributed by atoms with Gasteiger partial charge < -0.3 is 9.88 Å². The largest absolute Gasteiger partial charge is 0.338 e. The molecular weight excluding hydrogens is 386 g/mol. The molecule has 0 saturated heterocycles. The van der Waals surface area contributed by atoms with Gasteiger partial charge in [0.25, 0.3) is 5.56 Å². The van der Waals surface area contributed by atoms with Crippen LogP contribution in [0.25, 0.3) is 32.5 Å². The molecule has 0 unspecified atom stereocenters. The Balaban J connectivity index is 1.88. The number of anilines is 1. The first kappa shape index (κ1) is 18.8. The van der Waals surface area contributed by atoms with Crippen molar-refractivity contribution >= 4 is 32.7 Å². The lowest BCUT2D eigenvalue weighted by molar-refractivity contribution is 0.252. The normalized spacial score (nSPS) is 10.8. The number of rotatable bonds is 4. The van der Waals surface area contributed by atoms with Crippen LogP contribution in [-0.2, 0) is 7.05 Å². The Morgan fingerprint density at radius 1 is 1.17 bits per heavy atom. The van der Waals surface area contributed by atoms with E-state index in [9.17, 15) is 9.59 Å². The summed E-state index contributed by atoms with van der Waals surface area (Å²) in [7, 11) is 1.72. The number of hydrogen-bond donors (Lipinski definition) is 2. The maximum absolute atomic E-state index is 12.1. The Hall–Kier alpha value is -3.52. The number of urea groups is 1. The van der Waals surface area contributed by atoms with Crippen molar-refractivity contribution in [1.82, 2.24) is 19.9 Å². The number of aryl methyl sites for hydroxylation is 1. The van der Waals surface area contributed by atoms with Crippen LogP contribution in [0.15, 0.2) is 59.8 Å². The van der Waals surface area contributed by atoms with Gasteiger partial charge in [-0.15, -0.1) is 0 Å². The molecule has 1 aromatic carbocycles. The average Bonchev–Trinajstić information content (AvgIpc) is 3.12. The summed E-state index contributed by atoms with van der Waals surface area (Å²) in [5.41, 5.74) is 4.25. The fourth-order valence-electron chi connectivity index (χ4n) is 3.02. The monoisotopic (exact) mass is 405 g/mol. The summed E-state index contributed by atoms with van der Waals surface area (Å²) in [6, 6.07) is 11.0. The van der Waals surface area contributed by atoms with Crippen LogP contribution in [0.4, 0.5) is 9.93 Å². The zero-order valence-electron chi connectivity index (χ0n) is 16.0.